The summed E-state index contributed by atoms with van der Waals surface area (Å²) in [5.74, 6) is 0.719. The van der Waals surface area contributed by atoms with Crippen LogP contribution >= 0.6 is 0 Å². The van der Waals surface area contributed by atoms with Gasteiger partial charge in [0.1, 0.15) is 11.8 Å². The molecule has 0 unspecified atom stereocenters. The fraction of sp³-hybridized carbons (Fsp3) is 0.467. The maximum Gasteiger partial charge on any atom is 0.174 e. The zero-order valence-corrected chi connectivity index (χ0v) is 11.3. The lowest BCUT2D eigenvalue weighted by atomic mass is 10.1. The van der Waals surface area contributed by atoms with Crippen LogP contribution in [0, 0.1) is 11.3 Å². The van der Waals surface area contributed by atoms with Gasteiger partial charge in [0.15, 0.2) is 6.61 Å². The predicted octanol–water partition coefficient (Wildman–Crippen LogP) is 2.80. The fourth-order valence-corrected chi connectivity index (χ4v) is 2.16. The molecule has 1 saturated heterocycles. The summed E-state index contributed by atoms with van der Waals surface area (Å²) in [6.45, 7) is 4.22. The summed E-state index contributed by atoms with van der Waals surface area (Å²) in [7, 11) is 0. The highest BCUT2D eigenvalue weighted by molar-refractivity contribution is 5.98. The third-order valence-corrected chi connectivity index (χ3v) is 3.20. The first-order chi connectivity index (χ1) is 9.29. The molecular formula is C15H19N3O. The van der Waals surface area contributed by atoms with Gasteiger partial charge in [-0.05, 0) is 56.0 Å². The quantitative estimate of drug-likeness (QED) is 0.779. The fourth-order valence-electron chi connectivity index (χ4n) is 2.16. The molecule has 4 heteroatoms. The molecule has 0 N–H and O–H groups in total. The number of nitriles is 1. The van der Waals surface area contributed by atoms with Crippen molar-refractivity contribution in [3.63, 3.8) is 0 Å². The van der Waals surface area contributed by atoms with E-state index in [1.54, 1.807) is 0 Å². The molecule has 4 nitrogen and oxygen atoms in total. The number of benzene rings is 1. The summed E-state index contributed by atoms with van der Waals surface area (Å²) >= 11 is 0. The molecule has 0 aliphatic carbocycles. The van der Waals surface area contributed by atoms with E-state index >= 15 is 0 Å². The van der Waals surface area contributed by atoms with Crippen LogP contribution in [0.3, 0.4) is 0 Å². The predicted molar refractivity (Wildman–Crippen MR) is 75.2 cm³/mol. The Balaban J connectivity index is 2.00. The average Bonchev–Trinajstić information content (AvgIpc) is 2.46. The van der Waals surface area contributed by atoms with Crippen molar-refractivity contribution in [2.75, 3.05) is 19.7 Å². The SMILES string of the molecule is C/C(=N/N1CCCCC1)c1ccc(OCC#N)cc1. The van der Waals surface area contributed by atoms with Crippen LogP contribution in [-0.4, -0.2) is 30.4 Å². The van der Waals surface area contributed by atoms with Crippen molar-refractivity contribution in [3.05, 3.63) is 29.8 Å². The smallest absolute Gasteiger partial charge is 0.174 e. The number of nitrogens with zero attached hydrogens (tertiary/aromatic N) is 3. The molecule has 2 rings (SSSR count). The summed E-state index contributed by atoms with van der Waals surface area (Å²) < 4.78 is 5.23. The van der Waals surface area contributed by atoms with Crippen LogP contribution in [-0.2, 0) is 0 Å². The topological polar surface area (TPSA) is 48.6 Å². The Labute approximate surface area is 114 Å². The summed E-state index contributed by atoms with van der Waals surface area (Å²) in [6, 6.07) is 9.67. The van der Waals surface area contributed by atoms with Gasteiger partial charge in [-0.1, -0.05) is 0 Å². The molecule has 1 aromatic carbocycles. The van der Waals surface area contributed by atoms with Gasteiger partial charge in [0.25, 0.3) is 0 Å². The number of hydrogen-bond acceptors (Lipinski definition) is 4. The van der Waals surface area contributed by atoms with E-state index in [9.17, 15) is 0 Å². The van der Waals surface area contributed by atoms with Gasteiger partial charge >= 0.3 is 0 Å². The second-order valence-corrected chi connectivity index (χ2v) is 4.67. The Kier molecular flexibility index (Phi) is 4.79. The third-order valence-electron chi connectivity index (χ3n) is 3.20. The second-order valence-electron chi connectivity index (χ2n) is 4.67. The van der Waals surface area contributed by atoms with Crippen molar-refractivity contribution in [1.82, 2.24) is 5.01 Å². The molecule has 0 atom stereocenters. The van der Waals surface area contributed by atoms with Crippen LogP contribution in [0.2, 0.25) is 0 Å². The van der Waals surface area contributed by atoms with Crippen LogP contribution in [0.15, 0.2) is 29.4 Å². The molecule has 1 fully saturated rings. The molecule has 0 amide bonds. The van der Waals surface area contributed by atoms with Crippen molar-refractivity contribution in [2.24, 2.45) is 5.10 Å². The standard InChI is InChI=1S/C15H19N3O/c1-13(17-18-10-3-2-4-11-18)14-5-7-15(8-6-14)19-12-9-16/h5-8H,2-4,10-12H2,1H3/b17-13-. The Bertz CT molecular complexity index is 467. The van der Waals surface area contributed by atoms with Gasteiger partial charge in [0.2, 0.25) is 0 Å². The molecule has 0 spiro atoms. The lowest BCUT2D eigenvalue weighted by Crippen LogP contribution is -2.25. The molecule has 0 saturated carbocycles. The molecule has 1 aromatic rings. The number of ether oxygens (including phenoxy) is 1. The Morgan fingerprint density at radius 2 is 1.95 bits per heavy atom. The van der Waals surface area contributed by atoms with Crippen LogP contribution < -0.4 is 4.74 Å². The molecule has 1 aliphatic heterocycles. The van der Waals surface area contributed by atoms with Crippen LogP contribution in [0.25, 0.3) is 0 Å². The first-order valence-electron chi connectivity index (χ1n) is 6.70. The van der Waals surface area contributed by atoms with Crippen molar-refractivity contribution in [2.45, 2.75) is 26.2 Å². The minimum absolute atomic E-state index is 0.0835. The third kappa shape index (κ3) is 3.99. The average molecular weight is 257 g/mol. The first kappa shape index (κ1) is 13.4. The zero-order chi connectivity index (χ0) is 13.5. The molecular weight excluding hydrogens is 238 g/mol. The molecule has 19 heavy (non-hydrogen) atoms. The monoisotopic (exact) mass is 257 g/mol. The minimum Gasteiger partial charge on any atom is -0.479 e. The summed E-state index contributed by atoms with van der Waals surface area (Å²) in [6.07, 6.45) is 3.78. The molecule has 0 aromatic heterocycles. The van der Waals surface area contributed by atoms with Crippen molar-refractivity contribution in [1.29, 1.82) is 5.26 Å². The molecule has 1 aliphatic rings. The van der Waals surface area contributed by atoms with Crippen molar-refractivity contribution >= 4 is 5.71 Å². The highest BCUT2D eigenvalue weighted by atomic mass is 16.5. The van der Waals surface area contributed by atoms with Crippen LogP contribution in [0.4, 0.5) is 0 Å². The maximum atomic E-state index is 8.45. The molecule has 0 radical (unpaired) electrons. The maximum absolute atomic E-state index is 8.45. The van der Waals surface area contributed by atoms with Gasteiger partial charge in [0, 0.05) is 13.1 Å². The molecule has 1 heterocycles. The summed E-state index contributed by atoms with van der Waals surface area (Å²) in [5.41, 5.74) is 2.11. The van der Waals surface area contributed by atoms with E-state index in [2.05, 4.69) is 10.1 Å². The van der Waals surface area contributed by atoms with Gasteiger partial charge in [-0.15, -0.1) is 0 Å². The number of rotatable bonds is 4. The second kappa shape index (κ2) is 6.79. The van der Waals surface area contributed by atoms with E-state index < -0.39 is 0 Å². The van der Waals surface area contributed by atoms with Gasteiger partial charge < -0.3 is 4.74 Å². The highest BCUT2D eigenvalue weighted by Crippen LogP contribution is 2.14. The van der Waals surface area contributed by atoms with Gasteiger partial charge in [0.05, 0.1) is 5.71 Å². The number of hydrazone groups is 1. The largest absolute Gasteiger partial charge is 0.479 e. The number of hydrogen-bond donors (Lipinski definition) is 0. The summed E-state index contributed by atoms with van der Waals surface area (Å²) in [4.78, 5) is 0. The van der Waals surface area contributed by atoms with Crippen molar-refractivity contribution in [3.8, 4) is 11.8 Å². The Morgan fingerprint density at radius 1 is 1.26 bits per heavy atom. The molecule has 0 bridgehead atoms. The van der Waals surface area contributed by atoms with Crippen LogP contribution in [0.5, 0.6) is 5.75 Å². The summed E-state index contributed by atoms with van der Waals surface area (Å²) in [5, 5.41) is 15.3. The van der Waals surface area contributed by atoms with Crippen LogP contribution in [0.1, 0.15) is 31.7 Å². The Hall–Kier alpha value is -2.02. The number of piperidine rings is 1. The van der Waals surface area contributed by atoms with E-state index in [-0.39, 0.29) is 6.61 Å². The normalized spacial score (nSPS) is 16.0. The minimum atomic E-state index is 0.0835. The Morgan fingerprint density at radius 3 is 2.58 bits per heavy atom. The van der Waals surface area contributed by atoms with E-state index in [0.717, 1.165) is 30.1 Å². The van der Waals surface area contributed by atoms with E-state index in [4.69, 9.17) is 10.00 Å². The molecule has 100 valence electrons. The van der Waals surface area contributed by atoms with Gasteiger partial charge in [-0.3, -0.25) is 5.01 Å². The van der Waals surface area contributed by atoms with Gasteiger partial charge in [-0.2, -0.15) is 10.4 Å². The lowest BCUT2D eigenvalue weighted by molar-refractivity contribution is 0.239. The zero-order valence-electron chi connectivity index (χ0n) is 11.3. The van der Waals surface area contributed by atoms with E-state index in [0.29, 0.717) is 0 Å². The van der Waals surface area contributed by atoms with Gasteiger partial charge in [-0.25, -0.2) is 0 Å². The first-order valence-corrected chi connectivity index (χ1v) is 6.70. The highest BCUT2D eigenvalue weighted by Gasteiger charge is 2.08. The van der Waals surface area contributed by atoms with E-state index in [1.165, 1.54) is 19.3 Å². The van der Waals surface area contributed by atoms with E-state index in [1.807, 2.05) is 37.3 Å². The lowest BCUT2D eigenvalue weighted by Gasteiger charge is -2.24. The van der Waals surface area contributed by atoms with Crippen molar-refractivity contribution < 1.29 is 4.74 Å².